The van der Waals surface area contributed by atoms with Gasteiger partial charge in [0, 0.05) is 122 Å². The average molecular weight is 912 g/mol. The number of likely N-dealkylation sites (tertiary alicyclic amines) is 1. The van der Waals surface area contributed by atoms with Gasteiger partial charge in [0.2, 0.25) is 11.8 Å². The Morgan fingerprint density at radius 3 is 2.43 bits per heavy atom. The molecule has 2 aromatic carbocycles. The molecule has 0 aliphatic carbocycles. The molecule has 0 unspecified atom stereocenters. The summed E-state index contributed by atoms with van der Waals surface area (Å²) < 4.78 is 31.4. The summed E-state index contributed by atoms with van der Waals surface area (Å²) in [5.74, 6) is 0.597. The van der Waals surface area contributed by atoms with E-state index in [0.29, 0.717) is 66.7 Å². The number of hydrogen-bond acceptors (Lipinski definition) is 11. The number of anilines is 4. The number of alkyl halides is 2. The summed E-state index contributed by atoms with van der Waals surface area (Å²) in [6, 6.07) is 9.28. The lowest BCUT2D eigenvalue weighted by Gasteiger charge is -2.33. The largest absolute Gasteiger partial charge is 0.393 e. The fourth-order valence-corrected chi connectivity index (χ4v) is 9.95. The van der Waals surface area contributed by atoms with Gasteiger partial charge in [-0.1, -0.05) is 19.3 Å². The van der Waals surface area contributed by atoms with Gasteiger partial charge in [-0.05, 0) is 99.4 Å². The Labute approximate surface area is 384 Å². The summed E-state index contributed by atoms with van der Waals surface area (Å²) in [6.07, 6.45) is 10.7. The number of thiazole rings is 1. The van der Waals surface area contributed by atoms with Gasteiger partial charge >= 0.3 is 0 Å². The molecule has 14 nitrogen and oxygen atoms in total. The Morgan fingerprint density at radius 2 is 1.74 bits per heavy atom. The molecule has 0 radical (unpaired) electrons. The molecule has 17 heteroatoms. The minimum Gasteiger partial charge on any atom is -0.393 e. The number of aromatic nitrogens is 3. The van der Waals surface area contributed by atoms with Gasteiger partial charge in [0.1, 0.15) is 0 Å². The summed E-state index contributed by atoms with van der Waals surface area (Å²) in [5.41, 5.74) is 6.84. The molecule has 2 aromatic heterocycles. The van der Waals surface area contributed by atoms with Gasteiger partial charge in [-0.2, -0.15) is 5.10 Å². The number of rotatable bonds is 19. The highest BCUT2D eigenvalue weighted by atomic mass is 32.1. The number of benzene rings is 2. The average Bonchev–Trinajstić information content (AvgIpc) is 3.89. The fraction of sp³-hybridized carbons (Fsp3) is 0.500. The lowest BCUT2D eigenvalue weighted by Crippen LogP contribution is -2.42. The Morgan fingerprint density at radius 1 is 0.969 bits per heavy atom. The van der Waals surface area contributed by atoms with E-state index in [1.807, 2.05) is 36.9 Å². The minimum atomic E-state index is -2.74. The molecule has 3 amide bonds. The molecule has 5 heterocycles. The van der Waals surface area contributed by atoms with E-state index in [4.69, 9.17) is 10.5 Å². The van der Waals surface area contributed by atoms with Crippen molar-refractivity contribution in [3.8, 4) is 0 Å². The van der Waals surface area contributed by atoms with Crippen LogP contribution in [0.1, 0.15) is 120 Å². The van der Waals surface area contributed by atoms with Gasteiger partial charge < -0.3 is 31.2 Å². The number of unbranched alkanes of at least 4 members (excludes halogenated alkanes) is 4. The van der Waals surface area contributed by atoms with Crippen LogP contribution in [0.4, 0.5) is 31.1 Å². The van der Waals surface area contributed by atoms with E-state index in [0.717, 1.165) is 122 Å². The molecule has 1 fully saturated rings. The number of carbonyl (C=O) groups is 3. The van der Waals surface area contributed by atoms with E-state index in [-0.39, 0.29) is 29.3 Å². The highest BCUT2D eigenvalue weighted by Crippen LogP contribution is 2.43. The van der Waals surface area contributed by atoms with Gasteiger partial charge in [-0.3, -0.25) is 29.3 Å². The molecule has 1 saturated heterocycles. The van der Waals surface area contributed by atoms with Crippen LogP contribution in [0.5, 0.6) is 0 Å². The normalized spacial score (nSPS) is 15.7. The van der Waals surface area contributed by atoms with E-state index >= 15 is 0 Å². The van der Waals surface area contributed by atoms with Crippen molar-refractivity contribution < 1.29 is 23.2 Å². The van der Waals surface area contributed by atoms with Gasteiger partial charge in [0.25, 0.3) is 12.3 Å². The molecule has 348 valence electrons. The fourth-order valence-electron chi connectivity index (χ4n) is 9.30. The van der Waals surface area contributed by atoms with E-state index in [2.05, 4.69) is 40.7 Å². The van der Waals surface area contributed by atoms with Crippen molar-refractivity contribution >= 4 is 63.2 Å². The molecule has 0 spiro atoms. The van der Waals surface area contributed by atoms with E-state index in [9.17, 15) is 23.2 Å². The van der Waals surface area contributed by atoms with Gasteiger partial charge in [-0.15, -0.1) is 11.3 Å². The number of amides is 3. The number of nitrogens with zero attached hydrogens (tertiary/aromatic N) is 6. The van der Waals surface area contributed by atoms with Crippen molar-refractivity contribution in [2.75, 3.05) is 68.4 Å². The Balaban J connectivity index is 0.863. The second-order valence-electron chi connectivity index (χ2n) is 17.4. The molecular formula is C48H63F2N11O3S. The topological polar surface area (TPSA) is 164 Å². The third kappa shape index (κ3) is 11.6. The van der Waals surface area contributed by atoms with Crippen LogP contribution in [0, 0.1) is 19.3 Å². The van der Waals surface area contributed by atoms with Crippen molar-refractivity contribution in [1.29, 1.82) is 5.41 Å². The molecule has 0 atom stereocenters. The van der Waals surface area contributed by atoms with Gasteiger partial charge in [-0.25, -0.2) is 13.8 Å². The first-order valence-corrected chi connectivity index (χ1v) is 23.8. The van der Waals surface area contributed by atoms with Crippen molar-refractivity contribution in [1.82, 2.24) is 35.2 Å². The van der Waals surface area contributed by atoms with Crippen LogP contribution in [0.2, 0.25) is 0 Å². The molecule has 3 aliphatic heterocycles. The van der Waals surface area contributed by atoms with Crippen molar-refractivity contribution in [3.05, 3.63) is 86.7 Å². The maximum Gasteiger partial charge on any atom is 0.264 e. The smallest absolute Gasteiger partial charge is 0.264 e. The molecular weight excluding hydrogens is 849 g/mol. The summed E-state index contributed by atoms with van der Waals surface area (Å²) >= 11 is 1.45. The predicted molar refractivity (Wildman–Crippen MR) is 255 cm³/mol. The predicted octanol–water partition coefficient (Wildman–Crippen LogP) is 8.16. The van der Waals surface area contributed by atoms with Crippen LogP contribution in [0.25, 0.3) is 5.57 Å². The van der Waals surface area contributed by atoms with Crippen LogP contribution in [-0.2, 0) is 29.0 Å². The van der Waals surface area contributed by atoms with Crippen LogP contribution < -0.4 is 26.2 Å². The number of fused-ring (bicyclic) bond motifs is 2. The third-order valence-corrected chi connectivity index (χ3v) is 13.6. The van der Waals surface area contributed by atoms with Crippen molar-refractivity contribution in [3.63, 3.8) is 0 Å². The number of hydrogen-bond donors (Lipinski definition) is 5. The second kappa shape index (κ2) is 22.0. The third-order valence-electron chi connectivity index (χ3n) is 12.7. The summed E-state index contributed by atoms with van der Waals surface area (Å²) in [4.78, 5) is 49.6. The van der Waals surface area contributed by atoms with Crippen LogP contribution >= 0.6 is 11.3 Å². The first kappa shape index (κ1) is 47.3. The van der Waals surface area contributed by atoms with Gasteiger partial charge in [0.15, 0.2) is 10.9 Å². The number of carbonyl (C=O) groups excluding carboxylic acids is 3. The molecule has 0 saturated carbocycles. The van der Waals surface area contributed by atoms with E-state index in [1.54, 1.807) is 38.5 Å². The first-order valence-electron chi connectivity index (χ1n) is 23.0. The van der Waals surface area contributed by atoms with Crippen LogP contribution in [-0.4, -0.2) is 101 Å². The zero-order valence-corrected chi connectivity index (χ0v) is 38.9. The molecule has 65 heavy (non-hydrogen) atoms. The Hall–Kier alpha value is -5.68. The molecule has 4 aromatic rings. The second-order valence-corrected chi connectivity index (χ2v) is 18.6. The van der Waals surface area contributed by atoms with Crippen LogP contribution in [0.15, 0.2) is 42.7 Å². The Kier molecular flexibility index (Phi) is 16.0. The number of piperidine rings is 1. The lowest BCUT2D eigenvalue weighted by atomic mass is 9.92. The first-order chi connectivity index (χ1) is 31.4. The van der Waals surface area contributed by atoms with E-state index in [1.165, 1.54) is 11.3 Å². The molecule has 5 N–H and O–H groups in total. The minimum absolute atomic E-state index is 0.00836. The number of halogens is 2. The van der Waals surface area contributed by atoms with Crippen molar-refractivity contribution in [2.24, 2.45) is 0 Å². The molecule has 3 aliphatic rings. The summed E-state index contributed by atoms with van der Waals surface area (Å²) in [5, 5.41) is 26.1. The standard InChI is InChI=1S/C48H63F2N11O3S/c1-31-23-36(12-13-38(31)47(64)56-48-55-27-32(2)65-48)53-17-8-6-5-7-9-18-54-44(63)30-58-20-14-37(15-21-58)61-42-16-22-59(33(3)62)29-41(42)46(57-61)60-19-10-11-34-24-39(35(26-51)28-52-4)40(45(49)50)25-43(34)60/h12-13,23-28,37,45,51-53H,5-11,14-22,29-30H2,1-4H3,(H,54,63)(H,55,56,64)/b35-28+,51-26?. The zero-order chi connectivity index (χ0) is 46.0. The lowest BCUT2D eigenvalue weighted by molar-refractivity contribution is -0.129. The number of aryl methyl sites for hydroxylation is 3. The van der Waals surface area contributed by atoms with E-state index < -0.39 is 6.43 Å². The van der Waals surface area contributed by atoms with Gasteiger partial charge in [0.05, 0.1) is 19.1 Å². The maximum atomic E-state index is 14.6. The zero-order valence-electron chi connectivity index (χ0n) is 38.1. The Bertz CT molecular complexity index is 2370. The SMILES string of the molecule is CN/C=C(\C=N)c1cc2c(cc1C(F)F)N(c1nn(C3CCN(CC(=O)NCCCCCCCNc4ccc(C(=O)Nc5ncc(C)s5)c(C)c4)CC3)c3c1CN(C(C)=O)CC3)CCC2. The summed E-state index contributed by atoms with van der Waals surface area (Å²) in [6.45, 7) is 10.5. The van der Waals surface area contributed by atoms with Crippen LogP contribution in [0.3, 0.4) is 0 Å². The monoisotopic (exact) mass is 911 g/mol. The number of nitrogens with one attached hydrogen (secondary N) is 5. The highest BCUT2D eigenvalue weighted by molar-refractivity contribution is 7.15. The summed E-state index contributed by atoms with van der Waals surface area (Å²) in [7, 11) is 1.68. The maximum absolute atomic E-state index is 14.6. The quantitative estimate of drug-likeness (QED) is 0.0462. The molecule has 0 bridgehead atoms. The number of allylic oxidation sites excluding steroid dienone is 1. The van der Waals surface area contributed by atoms with Crippen molar-refractivity contribution in [2.45, 2.75) is 104 Å². The molecule has 7 rings (SSSR count). The highest BCUT2D eigenvalue weighted by Gasteiger charge is 2.35.